The van der Waals surface area contributed by atoms with Crippen molar-refractivity contribution in [3.8, 4) is 5.75 Å². The number of hydrogen-bond donors (Lipinski definition) is 2. The van der Waals surface area contributed by atoms with Crippen LogP contribution in [0.3, 0.4) is 0 Å². The second kappa shape index (κ2) is 5.63. The Hall–Kier alpha value is -2.63. The lowest BCUT2D eigenvalue weighted by atomic mass is 10.0. The molecular weight excluding hydrogens is 290 g/mol. The average Bonchev–Trinajstić information content (AvgIpc) is 2.55. The zero-order valence-corrected chi connectivity index (χ0v) is 11.7. The summed E-state index contributed by atoms with van der Waals surface area (Å²) in [4.78, 5) is 12.4. The van der Waals surface area contributed by atoms with Crippen molar-refractivity contribution in [3.05, 3.63) is 53.1 Å². The lowest BCUT2D eigenvalue weighted by Gasteiger charge is -2.20. The van der Waals surface area contributed by atoms with Gasteiger partial charge in [0.25, 0.3) is 5.91 Å². The smallest absolute Gasteiger partial charge is 0.259 e. The molecule has 3 rings (SSSR count). The fraction of sp³-hybridized carbons (Fsp3) is 0.188. The first kappa shape index (κ1) is 14.3. The predicted octanol–water partition coefficient (Wildman–Crippen LogP) is 3.12. The van der Waals surface area contributed by atoms with E-state index in [4.69, 9.17) is 10.5 Å². The molecule has 0 bridgehead atoms. The molecule has 1 amide bonds. The topological polar surface area (TPSA) is 64.3 Å². The monoisotopic (exact) mass is 304 g/mol. The molecule has 0 fully saturated rings. The largest absolute Gasteiger partial charge is 0.492 e. The molecule has 0 unspecified atom stereocenters. The molecule has 2 aromatic rings. The third-order valence-electron chi connectivity index (χ3n) is 3.56. The average molecular weight is 304 g/mol. The summed E-state index contributed by atoms with van der Waals surface area (Å²) < 4.78 is 32.1. The Morgan fingerprint density at radius 3 is 2.86 bits per heavy atom. The van der Waals surface area contributed by atoms with E-state index in [1.165, 1.54) is 6.07 Å². The number of aryl methyl sites for hydroxylation is 1. The summed E-state index contributed by atoms with van der Waals surface area (Å²) in [6.45, 7) is 0.546. The predicted molar refractivity (Wildman–Crippen MR) is 79.0 cm³/mol. The number of anilines is 2. The highest BCUT2D eigenvalue weighted by Crippen LogP contribution is 2.30. The molecule has 1 aliphatic heterocycles. The third kappa shape index (κ3) is 2.47. The van der Waals surface area contributed by atoms with E-state index in [0.29, 0.717) is 17.9 Å². The minimum atomic E-state index is -1.18. The van der Waals surface area contributed by atoms with Crippen molar-refractivity contribution in [3.63, 3.8) is 0 Å². The molecule has 0 aliphatic carbocycles. The van der Waals surface area contributed by atoms with Crippen LogP contribution in [0.1, 0.15) is 22.3 Å². The van der Waals surface area contributed by atoms with Crippen LogP contribution in [0.5, 0.6) is 5.75 Å². The van der Waals surface area contributed by atoms with Crippen LogP contribution in [0.2, 0.25) is 0 Å². The number of carbonyl (C=O) groups is 1. The molecule has 1 heterocycles. The molecule has 2 aromatic carbocycles. The van der Waals surface area contributed by atoms with Crippen LogP contribution in [0, 0.1) is 11.6 Å². The lowest BCUT2D eigenvalue weighted by Crippen LogP contribution is -2.18. The van der Waals surface area contributed by atoms with Crippen molar-refractivity contribution in [2.75, 3.05) is 17.7 Å². The van der Waals surface area contributed by atoms with Gasteiger partial charge in [-0.05, 0) is 36.6 Å². The first-order chi connectivity index (χ1) is 10.6. The van der Waals surface area contributed by atoms with Gasteiger partial charge < -0.3 is 15.8 Å². The van der Waals surface area contributed by atoms with Crippen molar-refractivity contribution >= 4 is 17.3 Å². The number of ether oxygens (including phenoxy) is 1. The number of amides is 1. The molecule has 1 aliphatic rings. The van der Waals surface area contributed by atoms with E-state index in [-0.39, 0.29) is 5.69 Å². The Balaban J connectivity index is 1.91. The van der Waals surface area contributed by atoms with Gasteiger partial charge in [0.1, 0.15) is 5.75 Å². The van der Waals surface area contributed by atoms with Crippen LogP contribution in [0.25, 0.3) is 0 Å². The minimum Gasteiger partial charge on any atom is -0.492 e. The number of nitrogens with two attached hydrogens (primary N) is 1. The number of para-hydroxylation sites is 1. The second-order valence-electron chi connectivity index (χ2n) is 5.02. The SMILES string of the molecule is Nc1c(NC(=O)c2cccc3c2OCCC3)ccc(F)c1F. The van der Waals surface area contributed by atoms with Crippen LogP contribution in [0.15, 0.2) is 30.3 Å². The van der Waals surface area contributed by atoms with Gasteiger partial charge >= 0.3 is 0 Å². The molecular formula is C16H14F2N2O2. The van der Waals surface area contributed by atoms with Gasteiger partial charge in [0.2, 0.25) is 0 Å². The summed E-state index contributed by atoms with van der Waals surface area (Å²) >= 11 is 0. The summed E-state index contributed by atoms with van der Waals surface area (Å²) in [5, 5.41) is 2.49. The van der Waals surface area contributed by atoms with Crippen molar-refractivity contribution < 1.29 is 18.3 Å². The lowest BCUT2D eigenvalue weighted by molar-refractivity contribution is 0.102. The van der Waals surface area contributed by atoms with Gasteiger partial charge in [-0.25, -0.2) is 8.78 Å². The second-order valence-corrected chi connectivity index (χ2v) is 5.02. The van der Waals surface area contributed by atoms with E-state index in [1.807, 2.05) is 6.07 Å². The zero-order valence-electron chi connectivity index (χ0n) is 11.7. The van der Waals surface area contributed by atoms with E-state index in [0.717, 1.165) is 24.5 Å². The van der Waals surface area contributed by atoms with Crippen LogP contribution in [-0.4, -0.2) is 12.5 Å². The van der Waals surface area contributed by atoms with Crippen molar-refractivity contribution in [2.45, 2.75) is 12.8 Å². The molecule has 0 radical (unpaired) electrons. The van der Waals surface area contributed by atoms with E-state index >= 15 is 0 Å². The quantitative estimate of drug-likeness (QED) is 0.838. The van der Waals surface area contributed by atoms with Gasteiger partial charge in [0.15, 0.2) is 11.6 Å². The highest BCUT2D eigenvalue weighted by molar-refractivity contribution is 6.07. The number of rotatable bonds is 2. The molecule has 0 aromatic heterocycles. The molecule has 0 spiro atoms. The van der Waals surface area contributed by atoms with Crippen LogP contribution in [-0.2, 0) is 6.42 Å². The van der Waals surface area contributed by atoms with Crippen LogP contribution in [0.4, 0.5) is 20.2 Å². The number of hydrogen-bond acceptors (Lipinski definition) is 3. The molecule has 3 N–H and O–H groups in total. The maximum atomic E-state index is 13.4. The van der Waals surface area contributed by atoms with Crippen molar-refractivity contribution in [1.29, 1.82) is 0 Å². The fourth-order valence-electron chi connectivity index (χ4n) is 2.43. The highest BCUT2D eigenvalue weighted by Gasteiger charge is 2.20. The summed E-state index contributed by atoms with van der Waals surface area (Å²) in [6.07, 6.45) is 1.73. The van der Waals surface area contributed by atoms with Crippen molar-refractivity contribution in [1.82, 2.24) is 0 Å². The fourth-order valence-corrected chi connectivity index (χ4v) is 2.43. The minimum absolute atomic E-state index is 0.0253. The number of benzene rings is 2. The van der Waals surface area contributed by atoms with Gasteiger partial charge in [-0.1, -0.05) is 12.1 Å². The maximum Gasteiger partial charge on any atom is 0.259 e. The molecule has 0 saturated carbocycles. The van der Waals surface area contributed by atoms with E-state index in [1.54, 1.807) is 12.1 Å². The summed E-state index contributed by atoms with van der Waals surface area (Å²) in [7, 11) is 0. The van der Waals surface area contributed by atoms with Gasteiger partial charge in [0.05, 0.1) is 23.5 Å². The van der Waals surface area contributed by atoms with E-state index in [9.17, 15) is 13.6 Å². The summed E-state index contributed by atoms with van der Waals surface area (Å²) in [5.41, 5.74) is 6.38. The normalized spacial score (nSPS) is 13.2. The summed E-state index contributed by atoms with van der Waals surface area (Å²) in [6, 6.07) is 7.42. The first-order valence-corrected chi connectivity index (χ1v) is 6.87. The Morgan fingerprint density at radius 2 is 2.05 bits per heavy atom. The molecule has 22 heavy (non-hydrogen) atoms. The molecule has 114 valence electrons. The van der Waals surface area contributed by atoms with Gasteiger partial charge in [-0.2, -0.15) is 0 Å². The Labute approximate surface area is 125 Å². The first-order valence-electron chi connectivity index (χ1n) is 6.87. The Kier molecular flexibility index (Phi) is 3.66. The van der Waals surface area contributed by atoms with Gasteiger partial charge in [-0.3, -0.25) is 4.79 Å². The number of carbonyl (C=O) groups excluding carboxylic acids is 1. The van der Waals surface area contributed by atoms with Crippen LogP contribution >= 0.6 is 0 Å². The molecule has 6 heteroatoms. The third-order valence-corrected chi connectivity index (χ3v) is 3.56. The number of nitrogen functional groups attached to an aromatic ring is 1. The Bertz CT molecular complexity index is 747. The van der Waals surface area contributed by atoms with Gasteiger partial charge in [-0.15, -0.1) is 0 Å². The Morgan fingerprint density at radius 1 is 1.23 bits per heavy atom. The molecule has 0 atom stereocenters. The van der Waals surface area contributed by atoms with Crippen LogP contribution < -0.4 is 15.8 Å². The zero-order chi connectivity index (χ0) is 15.7. The highest BCUT2D eigenvalue weighted by atomic mass is 19.2. The van der Waals surface area contributed by atoms with Gasteiger partial charge in [0, 0.05) is 0 Å². The number of fused-ring (bicyclic) bond motifs is 1. The molecule has 4 nitrogen and oxygen atoms in total. The standard InChI is InChI=1S/C16H14F2N2O2/c17-11-6-7-12(14(19)13(11)18)20-16(21)10-5-1-3-9-4-2-8-22-15(9)10/h1,3,5-7H,2,4,8,19H2,(H,20,21). The number of nitrogens with one attached hydrogen (secondary N) is 1. The maximum absolute atomic E-state index is 13.4. The van der Waals surface area contributed by atoms with E-state index in [2.05, 4.69) is 5.32 Å². The van der Waals surface area contributed by atoms with E-state index < -0.39 is 23.2 Å². The summed E-state index contributed by atoms with van der Waals surface area (Å²) in [5.74, 6) is -2.18. The molecule has 0 saturated heterocycles. The number of halogens is 2. The van der Waals surface area contributed by atoms with Crippen molar-refractivity contribution in [2.24, 2.45) is 0 Å².